The summed E-state index contributed by atoms with van der Waals surface area (Å²) in [5.41, 5.74) is 4.91. The molecule has 0 unspecified atom stereocenters. The fourth-order valence-corrected chi connectivity index (χ4v) is 3.26. The highest BCUT2D eigenvalue weighted by molar-refractivity contribution is 5.86. The maximum atomic E-state index is 12.7. The molecule has 0 heterocycles. The normalized spacial score (nSPS) is 14.7. The van der Waals surface area contributed by atoms with Crippen molar-refractivity contribution in [1.29, 1.82) is 0 Å². The van der Waals surface area contributed by atoms with E-state index in [-0.39, 0.29) is 11.9 Å². The molecular formula is C20H24N2O. The Morgan fingerprint density at radius 3 is 2.48 bits per heavy atom. The Hall–Kier alpha value is -2.29. The zero-order chi connectivity index (χ0) is 16.2. The molecule has 2 aromatic carbocycles. The molecular weight excluding hydrogens is 284 g/mol. The maximum Gasteiger partial charge on any atom is 0.249 e. The van der Waals surface area contributed by atoms with Crippen molar-refractivity contribution in [3.8, 4) is 0 Å². The molecule has 0 fully saturated rings. The predicted octanol–water partition coefficient (Wildman–Crippen LogP) is 3.81. The number of likely N-dealkylation sites (N-methyl/N-ethyl adjacent to an activating group) is 1. The zero-order valence-corrected chi connectivity index (χ0v) is 13.9. The second kappa shape index (κ2) is 6.86. The Morgan fingerprint density at radius 1 is 1.00 bits per heavy atom. The number of benzene rings is 2. The van der Waals surface area contributed by atoms with Crippen LogP contribution in [0, 0.1) is 0 Å². The first kappa shape index (κ1) is 15.6. The second-order valence-corrected chi connectivity index (χ2v) is 6.37. The van der Waals surface area contributed by atoms with Crippen LogP contribution in [0.1, 0.15) is 35.6 Å². The Balaban J connectivity index is 1.95. The number of rotatable bonds is 4. The molecule has 1 N–H and O–H groups in total. The molecule has 0 aliphatic heterocycles. The van der Waals surface area contributed by atoms with Crippen LogP contribution in [-0.4, -0.2) is 24.9 Å². The molecule has 2 aromatic rings. The van der Waals surface area contributed by atoms with E-state index in [2.05, 4.69) is 23.5 Å². The summed E-state index contributed by atoms with van der Waals surface area (Å²) in [5, 5.41) is 3.51. The van der Waals surface area contributed by atoms with Crippen LogP contribution >= 0.6 is 0 Å². The van der Waals surface area contributed by atoms with Gasteiger partial charge in [0.05, 0.1) is 0 Å². The Morgan fingerprint density at radius 2 is 1.74 bits per heavy atom. The van der Waals surface area contributed by atoms with Gasteiger partial charge in [0.1, 0.15) is 6.04 Å². The maximum absolute atomic E-state index is 12.7. The number of carbonyl (C=O) groups is 1. The molecule has 120 valence electrons. The van der Waals surface area contributed by atoms with Crippen LogP contribution in [0.2, 0.25) is 0 Å². The third-order valence-corrected chi connectivity index (χ3v) is 4.52. The Bertz CT molecular complexity index is 679. The van der Waals surface area contributed by atoms with E-state index >= 15 is 0 Å². The summed E-state index contributed by atoms with van der Waals surface area (Å²) in [5.74, 6) is 0.0737. The van der Waals surface area contributed by atoms with E-state index in [1.807, 2.05) is 30.3 Å². The summed E-state index contributed by atoms with van der Waals surface area (Å²) in [6.45, 7) is 0. The highest BCUT2D eigenvalue weighted by Gasteiger charge is 2.23. The van der Waals surface area contributed by atoms with Crippen molar-refractivity contribution in [2.24, 2.45) is 0 Å². The van der Waals surface area contributed by atoms with Gasteiger partial charge in [0.2, 0.25) is 5.91 Å². The van der Waals surface area contributed by atoms with Gasteiger partial charge in [-0.15, -0.1) is 0 Å². The van der Waals surface area contributed by atoms with Crippen molar-refractivity contribution in [3.05, 3.63) is 65.2 Å². The van der Waals surface area contributed by atoms with Gasteiger partial charge in [-0.05, 0) is 48.4 Å². The molecule has 1 amide bonds. The van der Waals surface area contributed by atoms with Crippen molar-refractivity contribution in [2.45, 2.75) is 31.7 Å². The molecule has 0 spiro atoms. The highest BCUT2D eigenvalue weighted by atomic mass is 16.2. The summed E-state index contributed by atoms with van der Waals surface area (Å²) < 4.78 is 0. The summed E-state index contributed by atoms with van der Waals surface area (Å²) in [4.78, 5) is 14.3. The standard InChI is InChI=1S/C20H24N2O/c1-22(2)20(23)19(16-10-4-3-5-11-16)21-18-14-8-12-15-9-6-7-13-17(15)18/h3-5,8,10-12,14,19,21H,6-7,9,13H2,1-2H3/t19-/m1/s1. The lowest BCUT2D eigenvalue weighted by molar-refractivity contribution is -0.129. The summed E-state index contributed by atoms with van der Waals surface area (Å²) in [6, 6.07) is 16.0. The van der Waals surface area contributed by atoms with E-state index in [1.165, 1.54) is 24.0 Å². The topological polar surface area (TPSA) is 32.3 Å². The minimum Gasteiger partial charge on any atom is -0.370 e. The number of amides is 1. The summed E-state index contributed by atoms with van der Waals surface area (Å²) >= 11 is 0. The van der Waals surface area contributed by atoms with Crippen molar-refractivity contribution in [2.75, 3.05) is 19.4 Å². The van der Waals surface area contributed by atoms with Crippen LogP contribution in [0.5, 0.6) is 0 Å². The van der Waals surface area contributed by atoms with Gasteiger partial charge < -0.3 is 10.2 Å². The first-order valence-corrected chi connectivity index (χ1v) is 8.30. The van der Waals surface area contributed by atoms with E-state index in [0.717, 1.165) is 24.1 Å². The molecule has 3 heteroatoms. The van der Waals surface area contributed by atoms with Gasteiger partial charge in [-0.1, -0.05) is 42.5 Å². The number of fused-ring (bicyclic) bond motifs is 1. The van der Waals surface area contributed by atoms with Crippen LogP contribution in [-0.2, 0) is 17.6 Å². The number of hydrogen-bond donors (Lipinski definition) is 1. The van der Waals surface area contributed by atoms with E-state index < -0.39 is 0 Å². The van der Waals surface area contributed by atoms with E-state index in [0.29, 0.717) is 0 Å². The average molecular weight is 308 g/mol. The van der Waals surface area contributed by atoms with Crippen LogP contribution in [0.15, 0.2) is 48.5 Å². The van der Waals surface area contributed by atoms with Gasteiger partial charge in [0, 0.05) is 19.8 Å². The van der Waals surface area contributed by atoms with E-state index in [1.54, 1.807) is 19.0 Å². The third kappa shape index (κ3) is 3.39. The summed E-state index contributed by atoms with van der Waals surface area (Å²) in [7, 11) is 3.61. The van der Waals surface area contributed by atoms with Crippen molar-refractivity contribution < 1.29 is 4.79 Å². The van der Waals surface area contributed by atoms with E-state index in [9.17, 15) is 4.79 Å². The SMILES string of the molecule is CN(C)C(=O)[C@H](Nc1cccc2c1CCCC2)c1ccccc1. The van der Waals surface area contributed by atoms with Crippen molar-refractivity contribution in [3.63, 3.8) is 0 Å². The molecule has 0 radical (unpaired) electrons. The van der Waals surface area contributed by atoms with Gasteiger partial charge in [0.25, 0.3) is 0 Å². The third-order valence-electron chi connectivity index (χ3n) is 4.52. The number of hydrogen-bond acceptors (Lipinski definition) is 2. The number of nitrogens with one attached hydrogen (secondary N) is 1. The van der Waals surface area contributed by atoms with E-state index in [4.69, 9.17) is 0 Å². The first-order valence-electron chi connectivity index (χ1n) is 8.30. The second-order valence-electron chi connectivity index (χ2n) is 6.37. The quantitative estimate of drug-likeness (QED) is 0.931. The molecule has 3 nitrogen and oxygen atoms in total. The predicted molar refractivity (Wildman–Crippen MR) is 94.6 cm³/mol. The zero-order valence-electron chi connectivity index (χ0n) is 13.9. The largest absolute Gasteiger partial charge is 0.370 e. The fourth-order valence-electron chi connectivity index (χ4n) is 3.26. The van der Waals surface area contributed by atoms with Gasteiger partial charge >= 0.3 is 0 Å². The molecule has 0 saturated heterocycles. The van der Waals surface area contributed by atoms with Gasteiger partial charge in [-0.25, -0.2) is 0 Å². The average Bonchev–Trinajstić information content (AvgIpc) is 2.60. The molecule has 0 bridgehead atoms. The van der Waals surface area contributed by atoms with Crippen LogP contribution in [0.4, 0.5) is 5.69 Å². The summed E-state index contributed by atoms with van der Waals surface area (Å²) in [6.07, 6.45) is 4.72. The van der Waals surface area contributed by atoms with Gasteiger partial charge in [-0.3, -0.25) is 4.79 Å². The lowest BCUT2D eigenvalue weighted by Crippen LogP contribution is -2.33. The molecule has 0 saturated carbocycles. The minimum atomic E-state index is -0.348. The fraction of sp³-hybridized carbons (Fsp3) is 0.350. The highest BCUT2D eigenvalue weighted by Crippen LogP contribution is 2.30. The van der Waals surface area contributed by atoms with Crippen LogP contribution < -0.4 is 5.32 Å². The minimum absolute atomic E-state index is 0.0737. The van der Waals surface area contributed by atoms with Crippen molar-refractivity contribution >= 4 is 11.6 Å². The molecule has 3 rings (SSSR count). The lowest BCUT2D eigenvalue weighted by atomic mass is 9.90. The molecule has 1 aliphatic rings. The van der Waals surface area contributed by atoms with Gasteiger partial charge in [0.15, 0.2) is 0 Å². The molecule has 23 heavy (non-hydrogen) atoms. The van der Waals surface area contributed by atoms with Gasteiger partial charge in [-0.2, -0.15) is 0 Å². The molecule has 1 atom stereocenters. The molecule has 1 aliphatic carbocycles. The smallest absolute Gasteiger partial charge is 0.249 e. The van der Waals surface area contributed by atoms with Crippen LogP contribution in [0.3, 0.4) is 0 Å². The number of aryl methyl sites for hydroxylation is 1. The lowest BCUT2D eigenvalue weighted by Gasteiger charge is -2.26. The monoisotopic (exact) mass is 308 g/mol. The number of carbonyl (C=O) groups excluding carboxylic acids is 1. The first-order chi connectivity index (χ1) is 11.2. The number of nitrogens with zero attached hydrogens (tertiary/aromatic N) is 1. The Labute approximate surface area is 138 Å². The van der Waals surface area contributed by atoms with Crippen LogP contribution in [0.25, 0.3) is 0 Å². The van der Waals surface area contributed by atoms with Crippen molar-refractivity contribution in [1.82, 2.24) is 4.90 Å². The molecule has 0 aromatic heterocycles. The number of anilines is 1. The Kier molecular flexibility index (Phi) is 4.65.